The number of nitriles is 1. The largest absolute Gasteiger partial charge is 0.493 e. The number of benzene rings is 3. The number of rotatable bonds is 9. The summed E-state index contributed by atoms with van der Waals surface area (Å²) in [5.74, 6) is -0.447. The molecule has 0 aromatic heterocycles. The minimum absolute atomic E-state index is 0.0953. The van der Waals surface area contributed by atoms with Crippen molar-refractivity contribution >= 4 is 35.2 Å². The molecule has 0 saturated heterocycles. The molecular weight excluding hydrogens is 478 g/mol. The van der Waals surface area contributed by atoms with Crippen LogP contribution in [-0.2, 0) is 9.59 Å². The number of hydrogen-bond donors (Lipinski definition) is 2. The van der Waals surface area contributed by atoms with E-state index in [2.05, 4.69) is 10.6 Å². The van der Waals surface area contributed by atoms with E-state index in [-0.39, 0.29) is 40.7 Å². The fourth-order valence-corrected chi connectivity index (χ4v) is 3.62. The minimum Gasteiger partial charge on any atom is -0.493 e. The summed E-state index contributed by atoms with van der Waals surface area (Å²) >= 11 is 6.40. The van der Waals surface area contributed by atoms with Crippen molar-refractivity contribution in [2.75, 3.05) is 19.0 Å². The molecule has 0 spiro atoms. The maximum absolute atomic E-state index is 12.7. The van der Waals surface area contributed by atoms with Crippen LogP contribution in [0.3, 0.4) is 0 Å². The summed E-state index contributed by atoms with van der Waals surface area (Å²) in [6.45, 7) is 3.50. The van der Waals surface area contributed by atoms with Crippen LogP contribution in [0.4, 0.5) is 5.69 Å². The van der Waals surface area contributed by atoms with Crippen LogP contribution in [0.25, 0.3) is 6.08 Å². The van der Waals surface area contributed by atoms with Gasteiger partial charge in [-0.15, -0.1) is 0 Å². The Kier molecular flexibility index (Phi) is 9.09. The number of ether oxygens (including phenoxy) is 2. The predicted molar refractivity (Wildman–Crippen MR) is 140 cm³/mol. The zero-order valence-corrected chi connectivity index (χ0v) is 20.9. The van der Waals surface area contributed by atoms with Crippen LogP contribution in [-0.4, -0.2) is 25.5 Å². The average Bonchev–Trinajstić information content (AvgIpc) is 2.88. The highest BCUT2D eigenvalue weighted by molar-refractivity contribution is 6.32. The van der Waals surface area contributed by atoms with Gasteiger partial charge in [0.1, 0.15) is 11.6 Å². The van der Waals surface area contributed by atoms with Gasteiger partial charge in [0, 0.05) is 5.69 Å². The molecule has 36 heavy (non-hydrogen) atoms. The lowest BCUT2D eigenvalue weighted by Gasteiger charge is -2.15. The lowest BCUT2D eigenvalue weighted by molar-refractivity contribution is -0.118. The smallest absolute Gasteiger partial charge is 0.262 e. The Morgan fingerprint density at radius 1 is 1.11 bits per heavy atom. The quantitative estimate of drug-likeness (QED) is 0.298. The van der Waals surface area contributed by atoms with Crippen LogP contribution < -0.4 is 20.1 Å². The Labute approximate surface area is 215 Å². The second kappa shape index (κ2) is 12.4. The second-order valence-electron chi connectivity index (χ2n) is 8.01. The van der Waals surface area contributed by atoms with Crippen molar-refractivity contribution in [1.29, 1.82) is 5.26 Å². The number of nitrogens with one attached hydrogen (secondary N) is 2. The summed E-state index contributed by atoms with van der Waals surface area (Å²) in [5.41, 5.74) is 3.02. The molecule has 1 atom stereocenters. The zero-order valence-electron chi connectivity index (χ0n) is 20.2. The third-order valence-electron chi connectivity index (χ3n) is 5.26. The van der Waals surface area contributed by atoms with Crippen molar-refractivity contribution in [3.05, 3.63) is 94.0 Å². The molecule has 184 valence electrons. The van der Waals surface area contributed by atoms with E-state index in [0.29, 0.717) is 11.3 Å². The number of carbonyl (C=O) groups excluding carboxylic acids is 2. The van der Waals surface area contributed by atoms with Crippen LogP contribution in [0.1, 0.15) is 29.7 Å². The maximum Gasteiger partial charge on any atom is 0.262 e. The van der Waals surface area contributed by atoms with Gasteiger partial charge in [-0.1, -0.05) is 59.6 Å². The minimum atomic E-state index is -0.517. The first-order valence-electron chi connectivity index (χ1n) is 11.1. The molecular formula is C28H26ClN3O4. The number of anilines is 1. The molecule has 3 aromatic rings. The summed E-state index contributed by atoms with van der Waals surface area (Å²) in [7, 11) is 1.43. The van der Waals surface area contributed by atoms with Crippen molar-refractivity contribution in [3.8, 4) is 17.6 Å². The fraction of sp³-hybridized carbons (Fsp3) is 0.179. The summed E-state index contributed by atoms with van der Waals surface area (Å²) in [6, 6.07) is 21.6. The molecule has 0 unspecified atom stereocenters. The van der Waals surface area contributed by atoms with Crippen molar-refractivity contribution in [1.82, 2.24) is 5.32 Å². The Morgan fingerprint density at radius 2 is 1.81 bits per heavy atom. The molecule has 3 aromatic carbocycles. The van der Waals surface area contributed by atoms with Gasteiger partial charge in [-0.05, 0) is 55.3 Å². The van der Waals surface area contributed by atoms with Gasteiger partial charge in [-0.2, -0.15) is 5.26 Å². The molecule has 8 heteroatoms. The summed E-state index contributed by atoms with van der Waals surface area (Å²) in [5, 5.41) is 15.3. The zero-order chi connectivity index (χ0) is 26.1. The number of carbonyl (C=O) groups is 2. The van der Waals surface area contributed by atoms with Crippen LogP contribution in [0, 0.1) is 18.3 Å². The second-order valence-corrected chi connectivity index (χ2v) is 8.42. The Hall–Kier alpha value is -4.28. The summed E-state index contributed by atoms with van der Waals surface area (Å²) in [6.07, 6.45) is 1.41. The molecule has 0 fully saturated rings. The number of aryl methyl sites for hydroxylation is 1. The standard InChI is InChI=1S/C28H26ClN3O4/c1-18-9-11-23(12-10-18)32-26(33)17-36-27-24(29)14-20(15-25(27)35-3)13-22(16-30)28(34)31-19(2)21-7-5-4-6-8-21/h4-15,19H,17H2,1-3H3,(H,31,34)(H,32,33)/b22-13-/t19-/m0/s1. The van der Waals surface area contributed by atoms with Gasteiger partial charge in [-0.3, -0.25) is 9.59 Å². The van der Waals surface area contributed by atoms with Gasteiger partial charge in [0.25, 0.3) is 11.8 Å². The number of hydrogen-bond acceptors (Lipinski definition) is 5. The van der Waals surface area contributed by atoms with Gasteiger partial charge in [0.15, 0.2) is 18.1 Å². The molecule has 0 saturated carbocycles. The van der Waals surface area contributed by atoms with Crippen molar-refractivity contribution in [3.63, 3.8) is 0 Å². The van der Waals surface area contributed by atoms with E-state index in [0.717, 1.165) is 11.1 Å². The molecule has 0 aliphatic rings. The number of nitrogens with zero attached hydrogens (tertiary/aromatic N) is 1. The molecule has 0 aliphatic heterocycles. The van der Waals surface area contributed by atoms with Crippen molar-refractivity contribution < 1.29 is 19.1 Å². The topological polar surface area (TPSA) is 100 Å². The summed E-state index contributed by atoms with van der Waals surface area (Å²) in [4.78, 5) is 25.0. The van der Waals surface area contributed by atoms with Gasteiger partial charge in [0.05, 0.1) is 18.2 Å². The molecule has 3 rings (SSSR count). The molecule has 0 heterocycles. The molecule has 0 bridgehead atoms. The van der Waals surface area contributed by atoms with E-state index < -0.39 is 5.91 Å². The monoisotopic (exact) mass is 503 g/mol. The van der Waals surface area contributed by atoms with Crippen LogP contribution >= 0.6 is 11.6 Å². The van der Waals surface area contributed by atoms with Crippen molar-refractivity contribution in [2.45, 2.75) is 19.9 Å². The number of methoxy groups -OCH3 is 1. The van der Waals surface area contributed by atoms with Crippen LogP contribution in [0.15, 0.2) is 72.3 Å². The van der Waals surface area contributed by atoms with E-state index in [1.54, 1.807) is 18.2 Å². The van der Waals surface area contributed by atoms with Crippen molar-refractivity contribution in [2.24, 2.45) is 0 Å². The molecule has 2 amide bonds. The Balaban J connectivity index is 1.71. The highest BCUT2D eigenvalue weighted by Gasteiger charge is 2.17. The van der Waals surface area contributed by atoms with E-state index in [9.17, 15) is 14.9 Å². The normalized spacial score (nSPS) is 11.7. The molecule has 0 aliphatic carbocycles. The molecule has 2 N–H and O–H groups in total. The maximum atomic E-state index is 12.7. The predicted octanol–water partition coefficient (Wildman–Crippen LogP) is 5.46. The molecule has 0 radical (unpaired) electrons. The highest BCUT2D eigenvalue weighted by atomic mass is 35.5. The number of amides is 2. The lowest BCUT2D eigenvalue weighted by Crippen LogP contribution is -2.27. The fourth-order valence-electron chi connectivity index (χ4n) is 3.35. The SMILES string of the molecule is COc1cc(/C=C(/C#N)C(=O)N[C@@H](C)c2ccccc2)cc(Cl)c1OCC(=O)Nc1ccc(C)cc1. The van der Waals surface area contributed by atoms with E-state index in [4.69, 9.17) is 21.1 Å². The highest BCUT2D eigenvalue weighted by Crippen LogP contribution is 2.37. The summed E-state index contributed by atoms with van der Waals surface area (Å²) < 4.78 is 11.0. The van der Waals surface area contributed by atoms with E-state index in [1.165, 1.54) is 19.3 Å². The van der Waals surface area contributed by atoms with Gasteiger partial charge in [-0.25, -0.2) is 0 Å². The first-order chi connectivity index (χ1) is 17.3. The lowest BCUT2D eigenvalue weighted by atomic mass is 10.1. The first kappa shape index (κ1) is 26.3. The van der Waals surface area contributed by atoms with Crippen LogP contribution in [0.2, 0.25) is 5.02 Å². The van der Waals surface area contributed by atoms with Gasteiger partial charge in [0.2, 0.25) is 0 Å². The number of halogens is 1. The Morgan fingerprint density at radius 3 is 2.44 bits per heavy atom. The van der Waals surface area contributed by atoms with E-state index >= 15 is 0 Å². The third kappa shape index (κ3) is 7.11. The average molecular weight is 504 g/mol. The van der Waals surface area contributed by atoms with Gasteiger partial charge < -0.3 is 20.1 Å². The first-order valence-corrected chi connectivity index (χ1v) is 11.5. The van der Waals surface area contributed by atoms with Gasteiger partial charge >= 0.3 is 0 Å². The van der Waals surface area contributed by atoms with E-state index in [1.807, 2.05) is 62.4 Å². The van der Waals surface area contributed by atoms with Crippen LogP contribution in [0.5, 0.6) is 11.5 Å². The Bertz CT molecular complexity index is 1300. The molecule has 7 nitrogen and oxygen atoms in total. The third-order valence-corrected chi connectivity index (χ3v) is 5.54.